The molecule has 198 valence electrons. The number of nitrogens with zero attached hydrogens (tertiary/aromatic N) is 6. The van der Waals surface area contributed by atoms with Crippen LogP contribution in [0.1, 0.15) is 49.3 Å². The number of amides is 1. The van der Waals surface area contributed by atoms with Crippen LogP contribution in [-0.2, 0) is 4.74 Å². The van der Waals surface area contributed by atoms with Crippen LogP contribution in [0.3, 0.4) is 0 Å². The molecule has 38 heavy (non-hydrogen) atoms. The Morgan fingerprint density at radius 2 is 1.82 bits per heavy atom. The second-order valence-corrected chi connectivity index (χ2v) is 10.1. The number of oxazole rings is 2. The molecule has 1 N–H and O–H groups in total. The molecule has 0 aliphatic carbocycles. The lowest BCUT2D eigenvalue weighted by Crippen LogP contribution is -2.45. The molecule has 6 heterocycles. The quantitative estimate of drug-likeness (QED) is 0.406. The van der Waals surface area contributed by atoms with Gasteiger partial charge >= 0.3 is 0 Å². The Labute approximate surface area is 220 Å². The molecular weight excluding hydrogens is 486 g/mol. The van der Waals surface area contributed by atoms with Crippen LogP contribution >= 0.6 is 0 Å². The number of anilines is 3. The highest BCUT2D eigenvalue weighted by atomic mass is 16.5. The number of carbonyl (C=O) groups excluding carboxylic acids is 1. The van der Waals surface area contributed by atoms with Gasteiger partial charge in [-0.05, 0) is 52.2 Å². The Bertz CT molecular complexity index is 1450. The van der Waals surface area contributed by atoms with E-state index in [1.807, 2.05) is 26.8 Å². The van der Waals surface area contributed by atoms with E-state index in [9.17, 15) is 4.79 Å². The zero-order valence-corrected chi connectivity index (χ0v) is 21.8. The van der Waals surface area contributed by atoms with Crippen molar-refractivity contribution in [1.29, 1.82) is 0 Å². The topological polar surface area (TPSA) is 123 Å². The van der Waals surface area contributed by atoms with Crippen LogP contribution in [0, 0.1) is 6.92 Å². The van der Waals surface area contributed by atoms with Crippen LogP contribution in [0.4, 0.5) is 17.5 Å². The molecule has 11 nitrogen and oxygen atoms in total. The first kappa shape index (κ1) is 24.4. The number of carbonyl (C=O) groups is 1. The average molecular weight is 518 g/mol. The fraction of sp³-hybridized carbons (Fsp3) is 0.444. The number of aromatic nitrogens is 4. The molecule has 1 amide bonds. The van der Waals surface area contributed by atoms with E-state index in [0.717, 1.165) is 37.2 Å². The Morgan fingerprint density at radius 3 is 2.58 bits per heavy atom. The van der Waals surface area contributed by atoms with Crippen LogP contribution in [-0.4, -0.2) is 64.2 Å². The smallest absolute Gasteiger partial charge is 0.300 e. The third-order valence-corrected chi connectivity index (χ3v) is 6.83. The van der Waals surface area contributed by atoms with E-state index in [0.29, 0.717) is 47.7 Å². The SMILES string of the molecule is Cc1cc(-c2nc(C(=O)Nc3cc4oc(N5CC(C)OC(C)C5)nc4nc3N3CCCCC3)co2)ccn1. The highest BCUT2D eigenvalue weighted by Gasteiger charge is 2.27. The van der Waals surface area contributed by atoms with E-state index >= 15 is 0 Å². The molecular formula is C27H31N7O4. The van der Waals surface area contributed by atoms with Crippen molar-refractivity contribution in [3.8, 4) is 11.5 Å². The molecule has 4 aromatic heterocycles. The Morgan fingerprint density at radius 1 is 1.03 bits per heavy atom. The molecule has 2 aliphatic heterocycles. The number of nitrogens with one attached hydrogen (secondary N) is 1. The average Bonchev–Trinajstić information content (AvgIpc) is 3.56. The largest absolute Gasteiger partial charge is 0.444 e. The number of rotatable bonds is 5. The predicted octanol–water partition coefficient (Wildman–Crippen LogP) is 4.44. The molecule has 2 aliphatic rings. The number of pyridine rings is 2. The van der Waals surface area contributed by atoms with Crippen molar-refractivity contribution in [2.45, 2.75) is 52.2 Å². The molecule has 4 aromatic rings. The van der Waals surface area contributed by atoms with Crippen molar-refractivity contribution in [2.24, 2.45) is 0 Å². The number of morpholine rings is 1. The first-order chi connectivity index (χ1) is 18.4. The molecule has 0 aromatic carbocycles. The van der Waals surface area contributed by atoms with Crippen LogP contribution in [0.25, 0.3) is 22.7 Å². The van der Waals surface area contributed by atoms with Gasteiger partial charge in [0, 0.05) is 49.7 Å². The standard InChI is InChI=1S/C27H31N7O4/c1-16-11-19(7-8-28-16)26-30-21(15-36-26)25(35)29-20-12-22-23(31-24(20)33-9-5-4-6-10-33)32-27(38-22)34-13-17(2)37-18(3)14-34/h7-8,11-12,15,17-18H,4-6,9-10,13-14H2,1-3H3,(H,29,35). The van der Waals surface area contributed by atoms with Gasteiger partial charge in [-0.25, -0.2) is 9.97 Å². The van der Waals surface area contributed by atoms with Gasteiger partial charge in [0.25, 0.3) is 11.9 Å². The van der Waals surface area contributed by atoms with Crippen LogP contribution in [0.2, 0.25) is 0 Å². The Kier molecular flexibility index (Phi) is 6.44. The summed E-state index contributed by atoms with van der Waals surface area (Å²) < 4.78 is 17.6. The van der Waals surface area contributed by atoms with E-state index in [-0.39, 0.29) is 23.8 Å². The lowest BCUT2D eigenvalue weighted by atomic mass is 10.1. The molecule has 2 unspecified atom stereocenters. The van der Waals surface area contributed by atoms with Gasteiger partial charge in [-0.3, -0.25) is 9.78 Å². The molecule has 6 rings (SSSR count). The van der Waals surface area contributed by atoms with E-state index in [1.54, 1.807) is 18.3 Å². The fourth-order valence-corrected chi connectivity index (χ4v) is 5.13. The normalized spacial score (nSPS) is 20.2. The van der Waals surface area contributed by atoms with Crippen molar-refractivity contribution in [1.82, 2.24) is 19.9 Å². The van der Waals surface area contributed by atoms with Gasteiger partial charge in [0.2, 0.25) is 11.5 Å². The van der Waals surface area contributed by atoms with Crippen molar-refractivity contribution in [3.63, 3.8) is 0 Å². The third-order valence-electron chi connectivity index (χ3n) is 6.83. The zero-order chi connectivity index (χ0) is 26.2. The Hall–Kier alpha value is -3.99. The molecule has 2 atom stereocenters. The van der Waals surface area contributed by atoms with E-state index in [4.69, 9.17) is 23.5 Å². The number of piperidine rings is 1. The summed E-state index contributed by atoms with van der Waals surface area (Å²) in [6.07, 6.45) is 6.51. The molecule has 0 radical (unpaired) electrons. The van der Waals surface area contributed by atoms with Gasteiger partial charge in [-0.15, -0.1) is 0 Å². The molecule has 0 spiro atoms. The molecule has 0 bridgehead atoms. The van der Waals surface area contributed by atoms with Crippen LogP contribution < -0.4 is 15.1 Å². The van der Waals surface area contributed by atoms with Gasteiger partial charge in [-0.2, -0.15) is 4.98 Å². The van der Waals surface area contributed by atoms with Gasteiger partial charge < -0.3 is 28.7 Å². The van der Waals surface area contributed by atoms with Gasteiger partial charge in [0.05, 0.1) is 17.9 Å². The lowest BCUT2D eigenvalue weighted by molar-refractivity contribution is -0.00662. The summed E-state index contributed by atoms with van der Waals surface area (Å²) >= 11 is 0. The zero-order valence-electron chi connectivity index (χ0n) is 21.8. The summed E-state index contributed by atoms with van der Waals surface area (Å²) in [5.74, 6) is 0.655. The second-order valence-electron chi connectivity index (χ2n) is 10.1. The number of hydrogen-bond acceptors (Lipinski definition) is 10. The minimum atomic E-state index is -0.388. The van der Waals surface area contributed by atoms with Crippen molar-refractivity contribution >= 4 is 34.7 Å². The maximum atomic E-state index is 13.3. The number of hydrogen-bond donors (Lipinski definition) is 1. The van der Waals surface area contributed by atoms with Gasteiger partial charge in [0.15, 0.2) is 17.1 Å². The minimum Gasteiger partial charge on any atom is -0.444 e. The molecule has 0 saturated carbocycles. The highest BCUT2D eigenvalue weighted by Crippen LogP contribution is 2.33. The summed E-state index contributed by atoms with van der Waals surface area (Å²) in [7, 11) is 0. The van der Waals surface area contributed by atoms with Crippen LogP contribution in [0.5, 0.6) is 0 Å². The van der Waals surface area contributed by atoms with E-state index in [1.165, 1.54) is 12.7 Å². The first-order valence-corrected chi connectivity index (χ1v) is 13.1. The number of aryl methyl sites for hydroxylation is 1. The maximum absolute atomic E-state index is 13.3. The first-order valence-electron chi connectivity index (χ1n) is 13.1. The molecule has 2 saturated heterocycles. The molecule has 2 fully saturated rings. The Balaban J connectivity index is 1.31. The maximum Gasteiger partial charge on any atom is 0.300 e. The summed E-state index contributed by atoms with van der Waals surface area (Å²) in [5, 5.41) is 3.00. The second kappa shape index (κ2) is 10.1. The van der Waals surface area contributed by atoms with Crippen molar-refractivity contribution in [2.75, 3.05) is 41.3 Å². The number of ether oxygens (including phenoxy) is 1. The fourth-order valence-electron chi connectivity index (χ4n) is 5.13. The lowest BCUT2D eigenvalue weighted by Gasteiger charge is -2.34. The monoisotopic (exact) mass is 517 g/mol. The van der Waals surface area contributed by atoms with Crippen molar-refractivity contribution < 1.29 is 18.4 Å². The van der Waals surface area contributed by atoms with E-state index < -0.39 is 0 Å². The highest BCUT2D eigenvalue weighted by molar-refractivity contribution is 6.05. The van der Waals surface area contributed by atoms with Gasteiger partial charge in [0.1, 0.15) is 6.26 Å². The summed E-state index contributed by atoms with van der Waals surface area (Å²) in [4.78, 5) is 35.7. The van der Waals surface area contributed by atoms with Crippen LogP contribution in [0.15, 0.2) is 39.5 Å². The summed E-state index contributed by atoms with van der Waals surface area (Å²) in [6, 6.07) is 5.97. The van der Waals surface area contributed by atoms with E-state index in [2.05, 4.69) is 25.1 Å². The van der Waals surface area contributed by atoms with Crippen molar-refractivity contribution in [3.05, 3.63) is 42.0 Å². The van der Waals surface area contributed by atoms with Gasteiger partial charge in [-0.1, -0.05) is 0 Å². The summed E-state index contributed by atoms with van der Waals surface area (Å²) in [6.45, 7) is 9.06. The number of fused-ring (bicyclic) bond motifs is 1. The summed E-state index contributed by atoms with van der Waals surface area (Å²) in [5.41, 5.74) is 3.35. The molecule has 11 heteroatoms. The predicted molar refractivity (Wildman–Crippen MR) is 143 cm³/mol. The third kappa shape index (κ3) is 4.93. The minimum absolute atomic E-state index is 0.0731.